The van der Waals surface area contributed by atoms with Crippen molar-refractivity contribution in [1.29, 1.82) is 0 Å². The van der Waals surface area contributed by atoms with E-state index in [1.54, 1.807) is 11.1 Å². The first-order chi connectivity index (χ1) is 10.6. The van der Waals surface area contributed by atoms with Crippen molar-refractivity contribution in [2.45, 2.75) is 64.7 Å². The molecule has 0 saturated heterocycles. The molecular weight excluding hydrogens is 264 g/mol. The highest BCUT2D eigenvalue weighted by Crippen LogP contribution is 2.24. The second-order valence-corrected chi connectivity index (χ2v) is 6.71. The zero-order valence-corrected chi connectivity index (χ0v) is 14.2. The number of aryl methyl sites for hydroxylation is 3. The molecular formula is C22H30. The Hall–Kier alpha value is -1.56. The van der Waals surface area contributed by atoms with Crippen molar-refractivity contribution in [1.82, 2.24) is 0 Å². The zero-order valence-electron chi connectivity index (χ0n) is 14.2. The molecule has 118 valence electrons. The Morgan fingerprint density at radius 2 is 1.68 bits per heavy atom. The summed E-state index contributed by atoms with van der Waals surface area (Å²) in [6.45, 7) is 9.98. The maximum atomic E-state index is 4.09. The van der Waals surface area contributed by atoms with Gasteiger partial charge in [-0.15, -0.1) is 0 Å². The van der Waals surface area contributed by atoms with Crippen LogP contribution in [-0.2, 0) is 19.3 Å². The fraction of sp³-hybridized carbons (Fsp3) is 0.455. The van der Waals surface area contributed by atoms with Crippen molar-refractivity contribution >= 4 is 0 Å². The van der Waals surface area contributed by atoms with Crippen molar-refractivity contribution in [2.75, 3.05) is 0 Å². The molecule has 1 aromatic carbocycles. The molecule has 0 radical (unpaired) electrons. The van der Waals surface area contributed by atoms with Gasteiger partial charge in [0.1, 0.15) is 0 Å². The molecule has 0 heterocycles. The minimum absolute atomic E-state index is 1.09. The van der Waals surface area contributed by atoms with Crippen molar-refractivity contribution < 1.29 is 0 Å². The minimum atomic E-state index is 1.09. The summed E-state index contributed by atoms with van der Waals surface area (Å²) in [6, 6.07) is 7.09. The van der Waals surface area contributed by atoms with Gasteiger partial charge in [0.05, 0.1) is 0 Å². The quantitative estimate of drug-likeness (QED) is 0.348. The number of benzene rings is 1. The predicted octanol–water partition coefficient (Wildman–Crippen LogP) is 6.36. The van der Waals surface area contributed by atoms with Gasteiger partial charge in [0.15, 0.2) is 0 Å². The maximum absolute atomic E-state index is 4.09. The average molecular weight is 294 g/mol. The monoisotopic (exact) mass is 294 g/mol. The summed E-state index contributed by atoms with van der Waals surface area (Å²) in [5.41, 5.74) is 7.03. The van der Waals surface area contributed by atoms with E-state index in [2.05, 4.69) is 43.5 Å². The molecule has 0 saturated carbocycles. The molecule has 0 atom stereocenters. The standard InChI is InChI=1S/C22H30/c1-18(2)11-12-19(3)9-7-5-4-6-8-10-20-13-14-21-15-16-22(21)17-20/h11-14,17H,1,3-10,15-16H2,2H3/b12-11-. The van der Waals surface area contributed by atoms with Crippen molar-refractivity contribution in [2.24, 2.45) is 0 Å². The van der Waals surface area contributed by atoms with E-state index in [4.69, 9.17) is 0 Å². The summed E-state index contributed by atoms with van der Waals surface area (Å²) in [7, 11) is 0. The molecule has 0 heteroatoms. The lowest BCUT2D eigenvalue weighted by Gasteiger charge is -2.19. The highest BCUT2D eigenvalue weighted by molar-refractivity contribution is 5.38. The lowest BCUT2D eigenvalue weighted by Crippen LogP contribution is -2.08. The minimum Gasteiger partial charge on any atom is -0.0961 e. The van der Waals surface area contributed by atoms with Crippen LogP contribution in [0.2, 0.25) is 0 Å². The molecule has 0 amide bonds. The molecule has 0 bridgehead atoms. The van der Waals surface area contributed by atoms with E-state index in [1.165, 1.54) is 62.5 Å². The van der Waals surface area contributed by atoms with Crippen molar-refractivity contribution in [3.63, 3.8) is 0 Å². The summed E-state index contributed by atoms with van der Waals surface area (Å²) in [6.07, 6.45) is 15.7. The van der Waals surface area contributed by atoms with E-state index in [0.29, 0.717) is 0 Å². The van der Waals surface area contributed by atoms with Crippen LogP contribution in [0.5, 0.6) is 0 Å². The largest absolute Gasteiger partial charge is 0.0961 e. The van der Waals surface area contributed by atoms with E-state index in [0.717, 1.165) is 12.0 Å². The Morgan fingerprint density at radius 3 is 2.36 bits per heavy atom. The Kier molecular flexibility index (Phi) is 6.71. The van der Waals surface area contributed by atoms with E-state index in [1.807, 2.05) is 6.92 Å². The molecule has 0 aromatic heterocycles. The molecule has 0 unspecified atom stereocenters. The zero-order chi connectivity index (χ0) is 15.8. The van der Waals surface area contributed by atoms with Gasteiger partial charge in [-0.2, -0.15) is 0 Å². The summed E-state index contributed by atoms with van der Waals surface area (Å²) in [4.78, 5) is 0. The van der Waals surface area contributed by atoms with Crippen molar-refractivity contribution in [3.8, 4) is 0 Å². The molecule has 0 fully saturated rings. The summed E-state index contributed by atoms with van der Waals surface area (Å²) < 4.78 is 0. The number of fused-ring (bicyclic) bond motifs is 1. The van der Waals surface area contributed by atoms with Crippen LogP contribution < -0.4 is 0 Å². The van der Waals surface area contributed by atoms with Crippen LogP contribution in [0.1, 0.15) is 62.1 Å². The first kappa shape index (κ1) is 16.8. The first-order valence-corrected chi connectivity index (χ1v) is 8.77. The molecule has 2 rings (SSSR count). The van der Waals surface area contributed by atoms with Crippen LogP contribution in [0.15, 0.2) is 54.7 Å². The van der Waals surface area contributed by atoms with Crippen LogP contribution in [0.4, 0.5) is 0 Å². The van der Waals surface area contributed by atoms with E-state index >= 15 is 0 Å². The molecule has 0 N–H and O–H groups in total. The van der Waals surface area contributed by atoms with Gasteiger partial charge in [-0.3, -0.25) is 0 Å². The third-order valence-corrected chi connectivity index (χ3v) is 4.50. The maximum Gasteiger partial charge on any atom is -0.0235 e. The second-order valence-electron chi connectivity index (χ2n) is 6.71. The number of hydrogen-bond donors (Lipinski definition) is 0. The third kappa shape index (κ3) is 5.67. The van der Waals surface area contributed by atoms with Crippen LogP contribution in [-0.4, -0.2) is 0 Å². The van der Waals surface area contributed by atoms with Crippen LogP contribution in [0.25, 0.3) is 0 Å². The average Bonchev–Trinajstić information content (AvgIpc) is 2.46. The summed E-state index contributed by atoms with van der Waals surface area (Å²) in [5.74, 6) is 0. The Bertz CT molecular complexity index is 545. The van der Waals surface area contributed by atoms with E-state index in [-0.39, 0.29) is 0 Å². The topological polar surface area (TPSA) is 0 Å². The SMILES string of the molecule is C=C(C)/C=C\C(=C)CCCCCCCc1ccc2c(c1)CC2. The lowest BCUT2D eigenvalue weighted by molar-refractivity contribution is 0.614. The van der Waals surface area contributed by atoms with Gasteiger partial charge in [-0.1, -0.05) is 73.9 Å². The van der Waals surface area contributed by atoms with Gasteiger partial charge in [0.2, 0.25) is 0 Å². The van der Waals surface area contributed by atoms with Gasteiger partial charge in [0, 0.05) is 0 Å². The molecule has 1 aromatic rings. The second kappa shape index (κ2) is 8.78. The molecule has 1 aliphatic rings. The number of allylic oxidation sites excluding steroid dienone is 4. The van der Waals surface area contributed by atoms with Gasteiger partial charge in [-0.25, -0.2) is 0 Å². The molecule has 0 spiro atoms. The number of hydrogen-bond acceptors (Lipinski definition) is 0. The fourth-order valence-corrected chi connectivity index (χ4v) is 2.96. The summed E-state index contributed by atoms with van der Waals surface area (Å²) >= 11 is 0. The smallest absolute Gasteiger partial charge is 0.0235 e. The highest BCUT2D eigenvalue weighted by atomic mass is 14.2. The normalized spacial score (nSPS) is 13.0. The Labute approximate surface area is 136 Å². The molecule has 0 aliphatic heterocycles. The van der Waals surface area contributed by atoms with Gasteiger partial charge >= 0.3 is 0 Å². The van der Waals surface area contributed by atoms with Crippen LogP contribution >= 0.6 is 0 Å². The third-order valence-electron chi connectivity index (χ3n) is 4.50. The van der Waals surface area contributed by atoms with Gasteiger partial charge < -0.3 is 0 Å². The van der Waals surface area contributed by atoms with Crippen LogP contribution in [0.3, 0.4) is 0 Å². The molecule has 22 heavy (non-hydrogen) atoms. The first-order valence-electron chi connectivity index (χ1n) is 8.77. The predicted molar refractivity (Wildman–Crippen MR) is 98.4 cm³/mol. The Morgan fingerprint density at radius 1 is 0.955 bits per heavy atom. The van der Waals surface area contributed by atoms with Gasteiger partial charge in [-0.05, 0) is 62.1 Å². The fourth-order valence-electron chi connectivity index (χ4n) is 2.96. The number of unbranched alkanes of at least 4 members (excludes halogenated alkanes) is 4. The molecule has 0 nitrogen and oxygen atoms in total. The van der Waals surface area contributed by atoms with Crippen LogP contribution in [0, 0.1) is 0 Å². The van der Waals surface area contributed by atoms with Gasteiger partial charge in [0.25, 0.3) is 0 Å². The van der Waals surface area contributed by atoms with Crippen molar-refractivity contribution in [3.05, 3.63) is 71.3 Å². The lowest BCUT2D eigenvalue weighted by atomic mass is 9.86. The Balaban J connectivity index is 1.50. The summed E-state index contributed by atoms with van der Waals surface area (Å²) in [5, 5.41) is 0. The van der Waals surface area contributed by atoms with E-state index < -0.39 is 0 Å². The highest BCUT2D eigenvalue weighted by Gasteiger charge is 2.12. The molecule has 1 aliphatic carbocycles. The van der Waals surface area contributed by atoms with E-state index in [9.17, 15) is 0 Å². The number of rotatable bonds is 10.